The lowest BCUT2D eigenvalue weighted by Gasteiger charge is -2.22. The molecule has 4 heterocycles. The van der Waals surface area contributed by atoms with E-state index in [-0.39, 0.29) is 18.0 Å². The van der Waals surface area contributed by atoms with Crippen LogP contribution in [-0.2, 0) is 17.9 Å². The monoisotopic (exact) mass is 464 g/mol. The summed E-state index contributed by atoms with van der Waals surface area (Å²) in [7, 11) is 0. The minimum Gasteiger partial charge on any atom is -0.340 e. The molecule has 1 saturated heterocycles. The zero-order valence-corrected chi connectivity index (χ0v) is 19.3. The number of amides is 1. The Morgan fingerprint density at radius 2 is 1.88 bits per heavy atom. The van der Waals surface area contributed by atoms with Crippen LogP contribution in [0.4, 0.5) is 0 Å². The normalized spacial score (nSPS) is 15.2. The van der Waals surface area contributed by atoms with Crippen LogP contribution in [0.3, 0.4) is 0 Å². The quantitative estimate of drug-likeness (QED) is 0.449. The minimum atomic E-state index is -0.145. The summed E-state index contributed by atoms with van der Waals surface area (Å²) in [5.41, 5.74) is 2.05. The average Bonchev–Trinajstić information content (AvgIpc) is 3.43. The van der Waals surface area contributed by atoms with Gasteiger partial charge in [-0.1, -0.05) is 36.4 Å². The van der Waals surface area contributed by atoms with Gasteiger partial charge in [0.2, 0.25) is 5.91 Å². The highest BCUT2D eigenvalue weighted by atomic mass is 32.1. The zero-order valence-electron chi connectivity index (χ0n) is 17.6. The highest BCUT2D eigenvalue weighted by Gasteiger charge is 2.21. The first-order valence-corrected chi connectivity index (χ1v) is 12.5. The summed E-state index contributed by atoms with van der Waals surface area (Å²) in [6.45, 7) is 4.11. The van der Waals surface area contributed by atoms with E-state index in [2.05, 4.69) is 34.1 Å². The Morgan fingerprint density at radius 3 is 2.69 bits per heavy atom. The fraction of sp³-hybridized carbons (Fsp3) is 0.292. The van der Waals surface area contributed by atoms with Gasteiger partial charge in [0.25, 0.3) is 5.56 Å². The Kier molecular flexibility index (Phi) is 6.16. The van der Waals surface area contributed by atoms with Gasteiger partial charge < -0.3 is 4.90 Å². The predicted molar refractivity (Wildman–Crippen MR) is 130 cm³/mol. The lowest BCUT2D eigenvalue weighted by molar-refractivity contribution is -0.131. The molecule has 3 aromatic heterocycles. The molecule has 0 atom stereocenters. The summed E-state index contributed by atoms with van der Waals surface area (Å²) in [4.78, 5) is 36.7. The zero-order chi connectivity index (χ0) is 21.9. The summed E-state index contributed by atoms with van der Waals surface area (Å²) in [5.74, 6) is -0.0253. The Morgan fingerprint density at radius 1 is 1.00 bits per heavy atom. The number of aromatic nitrogens is 2. The Balaban J connectivity index is 1.29. The number of hydrogen-bond donors (Lipinski definition) is 0. The van der Waals surface area contributed by atoms with Gasteiger partial charge in [-0.3, -0.25) is 19.1 Å². The molecule has 6 nitrogen and oxygen atoms in total. The number of thiophene rings is 2. The number of nitrogens with zero attached hydrogens (tertiary/aromatic N) is 4. The molecular formula is C24H24N4O2S2. The van der Waals surface area contributed by atoms with Crippen LogP contribution in [0.15, 0.2) is 64.3 Å². The molecule has 164 valence electrons. The van der Waals surface area contributed by atoms with Crippen LogP contribution in [0.2, 0.25) is 0 Å². The van der Waals surface area contributed by atoms with Gasteiger partial charge in [0.05, 0.1) is 11.7 Å². The number of fused-ring (bicyclic) bond motifs is 1. The van der Waals surface area contributed by atoms with E-state index >= 15 is 0 Å². The van der Waals surface area contributed by atoms with Gasteiger partial charge in [-0.05, 0) is 23.4 Å². The fourth-order valence-electron chi connectivity index (χ4n) is 4.16. The van der Waals surface area contributed by atoms with Crippen LogP contribution in [-0.4, -0.2) is 51.4 Å². The van der Waals surface area contributed by atoms with Crippen molar-refractivity contribution in [3.05, 3.63) is 75.5 Å². The largest absolute Gasteiger partial charge is 0.340 e. The van der Waals surface area contributed by atoms with Gasteiger partial charge in [0, 0.05) is 48.5 Å². The van der Waals surface area contributed by atoms with Gasteiger partial charge >= 0.3 is 0 Å². The SMILES string of the molecule is O=C(Cn1cnc2scc(-c3cccs3)c2c1=O)N1CCCN(Cc2ccccc2)CC1. The molecule has 5 rings (SSSR count). The fourth-order valence-corrected chi connectivity index (χ4v) is 5.88. The van der Waals surface area contributed by atoms with Crippen LogP contribution < -0.4 is 5.56 Å². The first kappa shape index (κ1) is 21.1. The third-order valence-corrected chi connectivity index (χ3v) is 7.63. The lowest BCUT2D eigenvalue weighted by atomic mass is 10.2. The number of hydrogen-bond acceptors (Lipinski definition) is 6. The van der Waals surface area contributed by atoms with Crippen molar-refractivity contribution in [1.82, 2.24) is 19.4 Å². The molecule has 0 spiro atoms. The topological polar surface area (TPSA) is 58.4 Å². The summed E-state index contributed by atoms with van der Waals surface area (Å²) in [5, 5.41) is 4.59. The minimum absolute atomic E-state index is 0.0253. The number of carbonyl (C=O) groups excluding carboxylic acids is 1. The molecule has 1 amide bonds. The van der Waals surface area contributed by atoms with E-state index in [0.29, 0.717) is 23.3 Å². The maximum Gasteiger partial charge on any atom is 0.263 e. The van der Waals surface area contributed by atoms with Crippen LogP contribution in [0.1, 0.15) is 12.0 Å². The molecule has 1 aliphatic heterocycles. The van der Waals surface area contributed by atoms with Crippen molar-refractivity contribution in [1.29, 1.82) is 0 Å². The predicted octanol–water partition coefficient (Wildman–Crippen LogP) is 3.92. The van der Waals surface area contributed by atoms with Crippen molar-refractivity contribution in [2.24, 2.45) is 0 Å². The summed E-state index contributed by atoms with van der Waals surface area (Å²) >= 11 is 3.07. The molecule has 1 fully saturated rings. The smallest absolute Gasteiger partial charge is 0.263 e. The van der Waals surface area contributed by atoms with Crippen LogP contribution >= 0.6 is 22.7 Å². The maximum atomic E-state index is 13.2. The van der Waals surface area contributed by atoms with Crippen molar-refractivity contribution in [3.63, 3.8) is 0 Å². The molecule has 0 aliphatic carbocycles. The molecule has 4 aromatic rings. The second-order valence-electron chi connectivity index (χ2n) is 7.98. The van der Waals surface area contributed by atoms with Crippen LogP contribution in [0, 0.1) is 0 Å². The van der Waals surface area contributed by atoms with Crippen LogP contribution in [0.5, 0.6) is 0 Å². The van der Waals surface area contributed by atoms with E-state index in [0.717, 1.165) is 36.5 Å². The molecule has 0 radical (unpaired) electrons. The molecule has 0 unspecified atom stereocenters. The molecule has 1 aliphatic rings. The van der Waals surface area contributed by atoms with E-state index < -0.39 is 0 Å². The molecule has 32 heavy (non-hydrogen) atoms. The molecule has 0 saturated carbocycles. The number of carbonyl (C=O) groups is 1. The van der Waals surface area contributed by atoms with Crippen molar-refractivity contribution >= 4 is 38.8 Å². The van der Waals surface area contributed by atoms with Crippen molar-refractivity contribution in [2.45, 2.75) is 19.5 Å². The van der Waals surface area contributed by atoms with E-state index in [4.69, 9.17) is 0 Å². The van der Waals surface area contributed by atoms with E-state index in [1.165, 1.54) is 27.8 Å². The average molecular weight is 465 g/mol. The Labute approximate surface area is 194 Å². The van der Waals surface area contributed by atoms with E-state index in [9.17, 15) is 9.59 Å². The standard InChI is InChI=1S/C24H24N4O2S2/c29-21(27-10-5-9-26(11-12-27)14-18-6-2-1-3-7-18)15-28-17-25-23-22(24(28)30)19(16-32-23)20-8-4-13-31-20/h1-4,6-8,13,16-17H,5,9-12,14-15H2. The van der Waals surface area contributed by atoms with E-state index in [1.807, 2.05) is 33.9 Å². The molecule has 0 N–H and O–H groups in total. The number of benzene rings is 1. The second-order valence-corrected chi connectivity index (χ2v) is 9.79. The van der Waals surface area contributed by atoms with Gasteiger partial charge in [-0.15, -0.1) is 22.7 Å². The second kappa shape index (κ2) is 9.36. The van der Waals surface area contributed by atoms with E-state index in [1.54, 1.807) is 11.3 Å². The van der Waals surface area contributed by atoms with Crippen molar-refractivity contribution < 1.29 is 4.79 Å². The molecule has 8 heteroatoms. The summed E-state index contributed by atoms with van der Waals surface area (Å²) in [6.07, 6.45) is 2.44. The highest BCUT2D eigenvalue weighted by Crippen LogP contribution is 2.33. The molecule has 0 bridgehead atoms. The van der Waals surface area contributed by atoms with Gasteiger partial charge in [0.15, 0.2) is 0 Å². The summed E-state index contributed by atoms with van der Waals surface area (Å²) < 4.78 is 1.46. The van der Waals surface area contributed by atoms with Gasteiger partial charge in [-0.25, -0.2) is 4.98 Å². The van der Waals surface area contributed by atoms with Gasteiger partial charge in [-0.2, -0.15) is 0 Å². The Bertz CT molecular complexity index is 1260. The third-order valence-electron chi connectivity index (χ3n) is 5.84. The lowest BCUT2D eigenvalue weighted by Crippen LogP contribution is -2.39. The number of rotatable bonds is 5. The van der Waals surface area contributed by atoms with Gasteiger partial charge in [0.1, 0.15) is 11.4 Å². The van der Waals surface area contributed by atoms with Crippen molar-refractivity contribution in [3.8, 4) is 10.4 Å². The molecule has 1 aromatic carbocycles. The summed E-state index contributed by atoms with van der Waals surface area (Å²) in [6, 6.07) is 14.4. The highest BCUT2D eigenvalue weighted by molar-refractivity contribution is 7.18. The van der Waals surface area contributed by atoms with Crippen molar-refractivity contribution in [2.75, 3.05) is 26.2 Å². The Hall–Kier alpha value is -2.81. The third kappa shape index (κ3) is 4.39. The van der Waals surface area contributed by atoms with Crippen LogP contribution in [0.25, 0.3) is 20.7 Å². The maximum absolute atomic E-state index is 13.2. The first-order valence-electron chi connectivity index (χ1n) is 10.7. The molecular weight excluding hydrogens is 440 g/mol. The first-order chi connectivity index (χ1) is 15.7.